The number of hydrogen-bond acceptors (Lipinski definition) is 7. The lowest BCUT2D eigenvalue weighted by Crippen LogP contribution is -2.46. The van der Waals surface area contributed by atoms with Gasteiger partial charge in [0, 0.05) is 6.04 Å². The molecular formula is C21H21ClN4O4S2. The maximum Gasteiger partial charge on any atom is 0.327 e. The number of hydrogen-bond donors (Lipinski definition) is 2. The van der Waals surface area contributed by atoms with Crippen LogP contribution in [0.4, 0.5) is 9.93 Å². The molecule has 0 radical (unpaired) electrons. The number of urea groups is 1. The number of benzene rings is 2. The van der Waals surface area contributed by atoms with E-state index in [2.05, 4.69) is 15.6 Å². The van der Waals surface area contributed by atoms with Crippen LogP contribution in [0, 0.1) is 0 Å². The Morgan fingerprint density at radius 1 is 1.16 bits per heavy atom. The van der Waals surface area contributed by atoms with Gasteiger partial charge in [-0.2, -0.15) is 0 Å². The van der Waals surface area contributed by atoms with Gasteiger partial charge in [-0.15, -0.1) is 0 Å². The number of amides is 3. The predicted molar refractivity (Wildman–Crippen MR) is 125 cm³/mol. The fraction of sp³-hybridized carbons (Fsp3) is 0.286. The number of carbonyl (C=O) groups excluding carboxylic acids is 2. The summed E-state index contributed by atoms with van der Waals surface area (Å²) < 4.78 is 26.5. The van der Waals surface area contributed by atoms with Crippen LogP contribution in [0.25, 0.3) is 10.2 Å². The second-order valence-corrected chi connectivity index (χ2v) is 11.5. The molecule has 0 aliphatic heterocycles. The molecule has 11 heteroatoms. The third kappa shape index (κ3) is 4.49. The summed E-state index contributed by atoms with van der Waals surface area (Å²) in [5.41, 5.74) is 0.734. The van der Waals surface area contributed by atoms with Crippen molar-refractivity contribution < 1.29 is 18.0 Å². The molecule has 0 bridgehead atoms. The molecule has 0 unspecified atom stereocenters. The molecule has 1 aromatic heterocycles. The number of aromatic nitrogens is 1. The van der Waals surface area contributed by atoms with Crippen molar-refractivity contribution in [1.82, 2.24) is 15.2 Å². The molecule has 3 aromatic rings. The first kappa shape index (κ1) is 22.7. The molecule has 4 rings (SSSR count). The molecule has 1 saturated carbocycles. The standard InChI is InChI=1S/C21H21ClN4O4S2/c1-26(2)12-9-14(10-12)32(29,30)13-7-8-17-18(11-13)31-21(23-17)25-20(28)24-19(27)15-5-3-4-6-16(15)22/h3-8,11-12,14H,9-10H2,1-2H3,(H2,23,24,25,27,28). The second-order valence-electron chi connectivity index (χ2n) is 7.79. The van der Waals surface area contributed by atoms with Crippen molar-refractivity contribution in [1.29, 1.82) is 0 Å². The lowest BCUT2D eigenvalue weighted by atomic mass is 9.91. The van der Waals surface area contributed by atoms with E-state index >= 15 is 0 Å². The highest BCUT2D eigenvalue weighted by Crippen LogP contribution is 2.36. The Hall–Kier alpha value is -2.53. The van der Waals surface area contributed by atoms with E-state index in [1.807, 2.05) is 19.0 Å². The SMILES string of the molecule is CN(C)C1CC(S(=O)(=O)c2ccc3nc(NC(=O)NC(=O)c4ccccc4Cl)sc3c2)C1. The van der Waals surface area contributed by atoms with Crippen LogP contribution in [-0.4, -0.2) is 55.6 Å². The number of carbonyl (C=O) groups is 2. The number of nitrogens with one attached hydrogen (secondary N) is 2. The summed E-state index contributed by atoms with van der Waals surface area (Å²) in [6.45, 7) is 0. The van der Waals surface area contributed by atoms with Crippen molar-refractivity contribution in [2.24, 2.45) is 0 Å². The molecule has 0 spiro atoms. The molecular weight excluding hydrogens is 472 g/mol. The van der Waals surface area contributed by atoms with Gasteiger partial charge in [-0.3, -0.25) is 15.4 Å². The first-order valence-electron chi connectivity index (χ1n) is 9.83. The molecule has 2 aromatic carbocycles. The van der Waals surface area contributed by atoms with Crippen molar-refractivity contribution in [3.63, 3.8) is 0 Å². The van der Waals surface area contributed by atoms with Crippen LogP contribution >= 0.6 is 22.9 Å². The number of fused-ring (bicyclic) bond motifs is 1. The van der Waals surface area contributed by atoms with Gasteiger partial charge >= 0.3 is 6.03 Å². The Labute approximate surface area is 194 Å². The maximum absolute atomic E-state index is 12.9. The Morgan fingerprint density at radius 3 is 2.56 bits per heavy atom. The van der Waals surface area contributed by atoms with Gasteiger partial charge in [-0.25, -0.2) is 18.2 Å². The van der Waals surface area contributed by atoms with E-state index in [-0.39, 0.29) is 31.9 Å². The maximum atomic E-state index is 12.9. The lowest BCUT2D eigenvalue weighted by Gasteiger charge is -2.38. The van der Waals surface area contributed by atoms with Gasteiger partial charge in [0.1, 0.15) is 0 Å². The van der Waals surface area contributed by atoms with Crippen molar-refractivity contribution in [2.75, 3.05) is 19.4 Å². The number of sulfone groups is 1. The van der Waals surface area contributed by atoms with E-state index in [1.165, 1.54) is 6.07 Å². The average Bonchev–Trinajstić information content (AvgIpc) is 3.07. The Morgan fingerprint density at radius 2 is 1.88 bits per heavy atom. The van der Waals surface area contributed by atoms with E-state index < -0.39 is 21.8 Å². The van der Waals surface area contributed by atoms with Gasteiger partial charge in [0.25, 0.3) is 5.91 Å². The van der Waals surface area contributed by atoms with E-state index in [1.54, 1.807) is 36.4 Å². The molecule has 32 heavy (non-hydrogen) atoms. The molecule has 1 aliphatic rings. The topological polar surface area (TPSA) is 108 Å². The first-order valence-corrected chi connectivity index (χ1v) is 12.6. The smallest absolute Gasteiger partial charge is 0.306 e. The van der Waals surface area contributed by atoms with Gasteiger partial charge in [0.05, 0.1) is 30.9 Å². The molecule has 2 N–H and O–H groups in total. The van der Waals surface area contributed by atoms with Crippen LogP contribution in [-0.2, 0) is 9.84 Å². The molecule has 1 fully saturated rings. The van der Waals surface area contributed by atoms with E-state index in [0.717, 1.165) is 11.3 Å². The summed E-state index contributed by atoms with van der Waals surface area (Å²) in [6.07, 6.45) is 1.23. The Bertz CT molecular complexity index is 1300. The lowest BCUT2D eigenvalue weighted by molar-refractivity contribution is 0.0967. The van der Waals surface area contributed by atoms with Crippen molar-refractivity contribution in [3.8, 4) is 0 Å². The second kappa shape index (κ2) is 8.78. The number of rotatable bonds is 5. The summed E-state index contributed by atoms with van der Waals surface area (Å²) >= 11 is 7.11. The third-order valence-corrected chi connectivity index (χ3v) is 8.93. The number of halogens is 1. The number of nitrogens with zero attached hydrogens (tertiary/aromatic N) is 2. The van der Waals surface area contributed by atoms with Crippen molar-refractivity contribution >= 4 is 60.1 Å². The number of imide groups is 1. The van der Waals surface area contributed by atoms with Crippen LogP contribution in [0.5, 0.6) is 0 Å². The number of thiazole rings is 1. The highest BCUT2D eigenvalue weighted by molar-refractivity contribution is 7.92. The van der Waals surface area contributed by atoms with Gasteiger partial charge in [-0.1, -0.05) is 35.1 Å². The minimum Gasteiger partial charge on any atom is -0.306 e. The molecule has 3 amide bonds. The molecule has 1 aliphatic carbocycles. The Kier molecular flexibility index (Phi) is 6.22. The van der Waals surface area contributed by atoms with Crippen LogP contribution in [0.15, 0.2) is 47.4 Å². The van der Waals surface area contributed by atoms with Gasteiger partial charge in [-0.05, 0) is 57.3 Å². The molecule has 0 atom stereocenters. The highest BCUT2D eigenvalue weighted by Gasteiger charge is 2.40. The van der Waals surface area contributed by atoms with Crippen LogP contribution in [0.1, 0.15) is 23.2 Å². The fourth-order valence-corrected chi connectivity index (χ4v) is 6.56. The van der Waals surface area contributed by atoms with Crippen molar-refractivity contribution in [3.05, 3.63) is 53.1 Å². The fourth-order valence-electron chi connectivity index (χ4n) is 3.48. The zero-order chi connectivity index (χ0) is 23.0. The van der Waals surface area contributed by atoms with E-state index in [9.17, 15) is 18.0 Å². The minimum absolute atomic E-state index is 0.177. The van der Waals surface area contributed by atoms with Crippen molar-refractivity contribution in [2.45, 2.75) is 29.0 Å². The van der Waals surface area contributed by atoms with E-state index in [4.69, 9.17) is 11.6 Å². The minimum atomic E-state index is -3.43. The predicted octanol–water partition coefficient (Wildman–Crippen LogP) is 3.78. The molecule has 1 heterocycles. The quantitative estimate of drug-likeness (QED) is 0.561. The molecule has 8 nitrogen and oxygen atoms in total. The van der Waals surface area contributed by atoms with Crippen LogP contribution in [0.3, 0.4) is 0 Å². The summed E-state index contributed by atoms with van der Waals surface area (Å²) in [4.78, 5) is 31.0. The highest BCUT2D eigenvalue weighted by atomic mass is 35.5. The number of anilines is 1. The monoisotopic (exact) mass is 492 g/mol. The van der Waals surface area contributed by atoms with Crippen LogP contribution < -0.4 is 10.6 Å². The third-order valence-electron chi connectivity index (χ3n) is 5.49. The zero-order valence-electron chi connectivity index (χ0n) is 17.3. The summed E-state index contributed by atoms with van der Waals surface area (Å²) in [5.74, 6) is -0.640. The summed E-state index contributed by atoms with van der Waals surface area (Å²) in [5, 5.41) is 4.80. The zero-order valence-corrected chi connectivity index (χ0v) is 19.7. The van der Waals surface area contributed by atoms with Gasteiger partial charge in [0.15, 0.2) is 15.0 Å². The van der Waals surface area contributed by atoms with Gasteiger partial charge < -0.3 is 4.90 Å². The normalized spacial score (nSPS) is 18.4. The Balaban J connectivity index is 1.46. The summed E-state index contributed by atoms with van der Waals surface area (Å²) in [7, 11) is 0.467. The van der Waals surface area contributed by atoms with E-state index in [0.29, 0.717) is 23.1 Å². The van der Waals surface area contributed by atoms with Crippen LogP contribution in [0.2, 0.25) is 5.02 Å². The largest absolute Gasteiger partial charge is 0.327 e. The molecule has 168 valence electrons. The summed E-state index contributed by atoms with van der Waals surface area (Å²) in [6, 6.07) is 10.7. The van der Waals surface area contributed by atoms with Gasteiger partial charge in [0.2, 0.25) is 0 Å². The molecule has 0 saturated heterocycles. The average molecular weight is 493 g/mol. The first-order chi connectivity index (χ1) is 15.1.